The monoisotopic (exact) mass is 305 g/mol. The quantitative estimate of drug-likeness (QED) is 0.598. The zero-order valence-corrected chi connectivity index (χ0v) is 12.7. The van der Waals surface area contributed by atoms with Gasteiger partial charge in [0.05, 0.1) is 5.56 Å². The van der Waals surface area contributed by atoms with Crippen molar-refractivity contribution in [1.82, 2.24) is 5.32 Å². The lowest BCUT2D eigenvalue weighted by molar-refractivity contribution is 0.0950. The summed E-state index contributed by atoms with van der Waals surface area (Å²) in [7, 11) is 0. The molecule has 0 radical (unpaired) electrons. The molecule has 4 heteroatoms. The van der Waals surface area contributed by atoms with Gasteiger partial charge >= 0.3 is 0 Å². The lowest BCUT2D eigenvalue weighted by Crippen LogP contribution is -2.24. The highest BCUT2D eigenvalue weighted by molar-refractivity contribution is 6.17. The molecule has 1 amide bonds. The Morgan fingerprint density at radius 2 is 1.81 bits per heavy atom. The van der Waals surface area contributed by atoms with Crippen LogP contribution in [0, 0.1) is 0 Å². The normalized spacial score (nSPS) is 10.7. The van der Waals surface area contributed by atoms with Crippen LogP contribution in [0.1, 0.15) is 36.0 Å². The fourth-order valence-corrected chi connectivity index (χ4v) is 2.50. The predicted octanol–water partition coefficient (Wildman–Crippen LogP) is 4.07. The summed E-state index contributed by atoms with van der Waals surface area (Å²) in [6.45, 7) is 0.618. The number of alkyl halides is 1. The SMILES string of the molecule is O=C(NCCCCCCCl)c1ccc2ccccc2c1O. The van der Waals surface area contributed by atoms with Gasteiger partial charge in [0.15, 0.2) is 0 Å². The standard InChI is InChI=1S/C17H20ClNO2/c18-11-5-1-2-6-12-19-17(21)15-10-9-13-7-3-4-8-14(13)16(15)20/h3-4,7-10,20H,1-2,5-6,11-12H2,(H,19,21). The van der Waals surface area contributed by atoms with Crippen LogP contribution in [-0.4, -0.2) is 23.4 Å². The molecule has 3 nitrogen and oxygen atoms in total. The molecule has 21 heavy (non-hydrogen) atoms. The second-order valence-electron chi connectivity index (χ2n) is 5.04. The van der Waals surface area contributed by atoms with Crippen LogP contribution in [0.4, 0.5) is 0 Å². The molecule has 2 aromatic rings. The van der Waals surface area contributed by atoms with E-state index in [0.29, 0.717) is 23.4 Å². The van der Waals surface area contributed by atoms with Crippen molar-refractivity contribution in [2.75, 3.05) is 12.4 Å². The van der Waals surface area contributed by atoms with Crippen molar-refractivity contribution in [3.63, 3.8) is 0 Å². The molecule has 0 heterocycles. The van der Waals surface area contributed by atoms with Gasteiger partial charge in [-0.15, -0.1) is 11.6 Å². The summed E-state index contributed by atoms with van der Waals surface area (Å²) in [5.41, 5.74) is 0.328. The molecular weight excluding hydrogens is 286 g/mol. The number of carbonyl (C=O) groups excluding carboxylic acids is 1. The Balaban J connectivity index is 1.95. The molecule has 0 bridgehead atoms. The van der Waals surface area contributed by atoms with E-state index in [1.54, 1.807) is 6.07 Å². The second-order valence-corrected chi connectivity index (χ2v) is 5.42. The number of unbranched alkanes of at least 4 members (excludes halogenated alkanes) is 3. The summed E-state index contributed by atoms with van der Waals surface area (Å²) in [4.78, 5) is 12.1. The highest BCUT2D eigenvalue weighted by atomic mass is 35.5. The summed E-state index contributed by atoms with van der Waals surface area (Å²) in [5.74, 6) is 0.514. The molecule has 2 aromatic carbocycles. The number of fused-ring (bicyclic) bond motifs is 1. The summed E-state index contributed by atoms with van der Waals surface area (Å²) in [6.07, 6.45) is 4.08. The van der Waals surface area contributed by atoms with Crippen LogP contribution in [0.25, 0.3) is 10.8 Å². The molecule has 0 fully saturated rings. The summed E-state index contributed by atoms with van der Waals surface area (Å²) >= 11 is 5.61. The van der Waals surface area contributed by atoms with Crippen molar-refractivity contribution >= 4 is 28.3 Å². The molecule has 0 aliphatic rings. The van der Waals surface area contributed by atoms with E-state index >= 15 is 0 Å². The van der Waals surface area contributed by atoms with Crippen LogP contribution in [0.2, 0.25) is 0 Å². The van der Waals surface area contributed by atoms with Gasteiger partial charge in [-0.1, -0.05) is 43.2 Å². The zero-order valence-electron chi connectivity index (χ0n) is 11.9. The summed E-state index contributed by atoms with van der Waals surface area (Å²) in [6, 6.07) is 11.0. The number of phenolic OH excluding ortho intramolecular Hbond substituents is 1. The number of halogens is 1. The van der Waals surface area contributed by atoms with Gasteiger partial charge in [-0.05, 0) is 24.3 Å². The van der Waals surface area contributed by atoms with Crippen molar-refractivity contribution in [1.29, 1.82) is 0 Å². The number of amides is 1. The number of aromatic hydroxyl groups is 1. The first kappa shape index (κ1) is 15.6. The highest BCUT2D eigenvalue weighted by Gasteiger charge is 2.12. The van der Waals surface area contributed by atoms with Crippen LogP contribution < -0.4 is 5.32 Å². The molecule has 0 saturated heterocycles. The van der Waals surface area contributed by atoms with Gasteiger partial charge in [-0.25, -0.2) is 0 Å². The molecule has 0 unspecified atom stereocenters. The van der Waals surface area contributed by atoms with Gasteiger partial charge in [0.1, 0.15) is 5.75 Å². The third-order valence-electron chi connectivity index (χ3n) is 3.49. The van der Waals surface area contributed by atoms with E-state index in [9.17, 15) is 9.90 Å². The van der Waals surface area contributed by atoms with Crippen molar-refractivity contribution < 1.29 is 9.90 Å². The zero-order chi connectivity index (χ0) is 15.1. The van der Waals surface area contributed by atoms with Crippen LogP contribution in [-0.2, 0) is 0 Å². The van der Waals surface area contributed by atoms with E-state index < -0.39 is 0 Å². The molecule has 112 valence electrons. The minimum absolute atomic E-state index is 0.0488. The average molecular weight is 306 g/mol. The Bertz CT molecular complexity index is 613. The van der Waals surface area contributed by atoms with Crippen molar-refractivity contribution in [3.8, 4) is 5.75 Å². The van der Waals surface area contributed by atoms with E-state index in [-0.39, 0.29) is 11.7 Å². The topological polar surface area (TPSA) is 49.3 Å². The number of benzene rings is 2. The number of rotatable bonds is 7. The summed E-state index contributed by atoms with van der Waals surface area (Å²) in [5, 5.41) is 14.7. The minimum atomic E-state index is -0.226. The van der Waals surface area contributed by atoms with Crippen molar-refractivity contribution in [2.45, 2.75) is 25.7 Å². The Morgan fingerprint density at radius 1 is 1.05 bits per heavy atom. The van der Waals surface area contributed by atoms with Crippen molar-refractivity contribution in [2.24, 2.45) is 0 Å². The predicted molar refractivity (Wildman–Crippen MR) is 87.1 cm³/mol. The van der Waals surface area contributed by atoms with Crippen molar-refractivity contribution in [3.05, 3.63) is 42.0 Å². The molecular formula is C17H20ClNO2. The van der Waals surface area contributed by atoms with Gasteiger partial charge in [-0.2, -0.15) is 0 Å². The molecule has 0 saturated carbocycles. The molecule has 0 aromatic heterocycles. The maximum atomic E-state index is 12.1. The summed E-state index contributed by atoms with van der Waals surface area (Å²) < 4.78 is 0. The van der Waals surface area contributed by atoms with E-state index in [4.69, 9.17) is 11.6 Å². The Labute approximate surface area is 129 Å². The number of hydrogen-bond donors (Lipinski definition) is 2. The molecule has 0 aliphatic carbocycles. The van der Waals surface area contributed by atoms with Crippen LogP contribution in [0.5, 0.6) is 5.75 Å². The first-order valence-electron chi connectivity index (χ1n) is 7.29. The largest absolute Gasteiger partial charge is 0.506 e. The number of carbonyl (C=O) groups is 1. The van der Waals surface area contributed by atoms with E-state index in [2.05, 4.69) is 5.32 Å². The van der Waals surface area contributed by atoms with E-state index in [1.807, 2.05) is 30.3 Å². The fourth-order valence-electron chi connectivity index (χ4n) is 2.31. The number of nitrogens with one attached hydrogen (secondary N) is 1. The third-order valence-corrected chi connectivity index (χ3v) is 3.76. The van der Waals surface area contributed by atoms with Crippen LogP contribution >= 0.6 is 11.6 Å². The smallest absolute Gasteiger partial charge is 0.255 e. The van der Waals surface area contributed by atoms with Crippen LogP contribution in [0.3, 0.4) is 0 Å². The first-order valence-corrected chi connectivity index (χ1v) is 7.82. The second kappa shape index (κ2) is 7.89. The number of hydrogen-bond acceptors (Lipinski definition) is 2. The molecule has 0 atom stereocenters. The van der Waals surface area contributed by atoms with Gasteiger partial charge in [0.25, 0.3) is 5.91 Å². The lowest BCUT2D eigenvalue weighted by Gasteiger charge is -2.09. The Kier molecular flexibility index (Phi) is 5.88. The van der Waals surface area contributed by atoms with E-state index in [0.717, 1.165) is 31.1 Å². The maximum absolute atomic E-state index is 12.1. The molecule has 2 N–H and O–H groups in total. The Morgan fingerprint density at radius 3 is 2.62 bits per heavy atom. The third kappa shape index (κ3) is 4.11. The minimum Gasteiger partial charge on any atom is -0.506 e. The fraction of sp³-hybridized carbons (Fsp3) is 0.353. The van der Waals surface area contributed by atoms with Gasteiger partial charge < -0.3 is 10.4 Å². The van der Waals surface area contributed by atoms with Gasteiger partial charge in [-0.3, -0.25) is 4.79 Å². The number of phenols is 1. The van der Waals surface area contributed by atoms with Gasteiger partial charge in [0, 0.05) is 17.8 Å². The Hall–Kier alpha value is -1.74. The molecule has 2 rings (SSSR count). The lowest BCUT2D eigenvalue weighted by atomic mass is 10.0. The van der Waals surface area contributed by atoms with Crippen LogP contribution in [0.15, 0.2) is 36.4 Å². The maximum Gasteiger partial charge on any atom is 0.255 e. The van der Waals surface area contributed by atoms with Gasteiger partial charge in [0.2, 0.25) is 0 Å². The first-order chi connectivity index (χ1) is 10.2. The molecule has 0 aliphatic heterocycles. The highest BCUT2D eigenvalue weighted by Crippen LogP contribution is 2.28. The average Bonchev–Trinajstić information content (AvgIpc) is 2.51. The van der Waals surface area contributed by atoms with E-state index in [1.165, 1.54) is 0 Å². The molecule has 0 spiro atoms.